The molecule has 1 aromatic rings. The molecule has 0 aliphatic heterocycles. The molecule has 0 bridgehead atoms. The average molecular weight is 299 g/mol. The summed E-state index contributed by atoms with van der Waals surface area (Å²) in [5, 5.41) is 22.0. The molecule has 1 aromatic heterocycles. The maximum absolute atomic E-state index is 11.8. The maximum atomic E-state index is 11.8. The van der Waals surface area contributed by atoms with Gasteiger partial charge in [-0.25, -0.2) is 0 Å². The molecule has 3 N–H and O–H groups in total. The van der Waals surface area contributed by atoms with E-state index in [1.165, 1.54) is 11.3 Å². The molecule has 1 rings (SSSR count). The zero-order valence-corrected chi connectivity index (χ0v) is 11.9. The van der Waals surface area contributed by atoms with Crippen LogP contribution in [0.25, 0.3) is 0 Å². The van der Waals surface area contributed by atoms with Crippen LogP contribution in [0, 0.1) is 5.92 Å². The van der Waals surface area contributed by atoms with Crippen molar-refractivity contribution in [3.63, 3.8) is 0 Å². The number of carbonyl (C=O) groups excluding carboxylic acids is 1. The van der Waals surface area contributed by atoms with Crippen LogP contribution in [-0.2, 0) is 14.4 Å². The van der Waals surface area contributed by atoms with E-state index in [0.29, 0.717) is 0 Å². The van der Waals surface area contributed by atoms with Crippen molar-refractivity contribution in [3.05, 3.63) is 22.4 Å². The van der Waals surface area contributed by atoms with Crippen molar-refractivity contribution in [1.82, 2.24) is 5.32 Å². The Kier molecular flexibility index (Phi) is 6.17. The number of carboxylic acids is 2. The first kappa shape index (κ1) is 16.2. The summed E-state index contributed by atoms with van der Waals surface area (Å²) < 4.78 is 0. The highest BCUT2D eigenvalue weighted by atomic mass is 32.1. The summed E-state index contributed by atoms with van der Waals surface area (Å²) in [6.45, 7) is 1.67. The molecule has 0 saturated carbocycles. The first-order valence-electron chi connectivity index (χ1n) is 6.14. The maximum Gasteiger partial charge on any atom is 0.305 e. The van der Waals surface area contributed by atoms with Gasteiger partial charge < -0.3 is 15.5 Å². The van der Waals surface area contributed by atoms with E-state index in [2.05, 4.69) is 5.32 Å². The molecule has 0 radical (unpaired) electrons. The lowest BCUT2D eigenvalue weighted by Gasteiger charge is -2.17. The Hall–Kier alpha value is -1.89. The first-order valence-corrected chi connectivity index (χ1v) is 7.02. The van der Waals surface area contributed by atoms with Crippen LogP contribution in [0.4, 0.5) is 0 Å². The molecular weight excluding hydrogens is 282 g/mol. The number of hydrogen-bond donors (Lipinski definition) is 3. The van der Waals surface area contributed by atoms with Crippen molar-refractivity contribution in [2.45, 2.75) is 32.2 Å². The van der Waals surface area contributed by atoms with Gasteiger partial charge in [0.05, 0.1) is 12.5 Å². The standard InChI is InChI=1S/C13H17NO5S/c1-8(6-12(16)17)5-11(15)14-9(7-13(18)19)10-3-2-4-20-10/h2-4,8-9H,5-7H2,1H3,(H,14,15)(H,16,17)(H,18,19). The Morgan fingerprint density at radius 2 is 1.85 bits per heavy atom. The van der Waals surface area contributed by atoms with Gasteiger partial charge in [0.25, 0.3) is 0 Å². The molecule has 0 fully saturated rings. The average Bonchev–Trinajstić information content (AvgIpc) is 2.78. The van der Waals surface area contributed by atoms with E-state index in [0.717, 1.165) is 4.88 Å². The van der Waals surface area contributed by atoms with Crippen molar-refractivity contribution in [2.75, 3.05) is 0 Å². The van der Waals surface area contributed by atoms with E-state index < -0.39 is 18.0 Å². The number of nitrogens with one attached hydrogen (secondary N) is 1. The lowest BCUT2D eigenvalue weighted by Crippen LogP contribution is -2.31. The number of carbonyl (C=O) groups is 3. The van der Waals surface area contributed by atoms with Crippen LogP contribution < -0.4 is 5.32 Å². The Morgan fingerprint density at radius 3 is 2.35 bits per heavy atom. The SMILES string of the molecule is CC(CC(=O)O)CC(=O)NC(CC(=O)O)c1cccs1. The fraction of sp³-hybridized carbons (Fsp3) is 0.462. The predicted octanol–water partition coefficient (Wildman–Crippen LogP) is 1.88. The number of amides is 1. The van der Waals surface area contributed by atoms with Gasteiger partial charge in [0, 0.05) is 17.7 Å². The van der Waals surface area contributed by atoms with E-state index in [1.54, 1.807) is 19.1 Å². The first-order chi connectivity index (χ1) is 9.38. The normalized spacial score (nSPS) is 13.4. The van der Waals surface area contributed by atoms with Crippen LogP contribution in [0.2, 0.25) is 0 Å². The summed E-state index contributed by atoms with van der Waals surface area (Å²) in [5.41, 5.74) is 0. The zero-order chi connectivity index (χ0) is 15.1. The van der Waals surface area contributed by atoms with E-state index in [-0.39, 0.29) is 31.1 Å². The van der Waals surface area contributed by atoms with Gasteiger partial charge in [-0.1, -0.05) is 13.0 Å². The number of hydrogen-bond acceptors (Lipinski definition) is 4. The number of rotatable bonds is 8. The monoisotopic (exact) mass is 299 g/mol. The van der Waals surface area contributed by atoms with Crippen LogP contribution >= 0.6 is 11.3 Å². The zero-order valence-electron chi connectivity index (χ0n) is 11.0. The van der Waals surface area contributed by atoms with Crippen LogP contribution in [0.3, 0.4) is 0 Å². The topological polar surface area (TPSA) is 104 Å². The third-order valence-electron chi connectivity index (χ3n) is 2.66. The van der Waals surface area contributed by atoms with E-state index in [1.807, 2.05) is 5.38 Å². The molecule has 0 spiro atoms. The highest BCUT2D eigenvalue weighted by molar-refractivity contribution is 7.10. The van der Waals surface area contributed by atoms with Crippen molar-refractivity contribution >= 4 is 29.2 Å². The molecule has 6 nitrogen and oxygen atoms in total. The van der Waals surface area contributed by atoms with Gasteiger partial charge in [-0.2, -0.15) is 0 Å². The number of carboxylic acid groups (broad SMARTS) is 2. The van der Waals surface area contributed by atoms with Gasteiger partial charge in [0.2, 0.25) is 5.91 Å². The Morgan fingerprint density at radius 1 is 1.20 bits per heavy atom. The highest BCUT2D eigenvalue weighted by Gasteiger charge is 2.20. The molecule has 110 valence electrons. The molecule has 1 amide bonds. The lowest BCUT2D eigenvalue weighted by atomic mass is 10.0. The van der Waals surface area contributed by atoms with Gasteiger partial charge in [-0.3, -0.25) is 14.4 Å². The number of aliphatic carboxylic acids is 2. The third-order valence-corrected chi connectivity index (χ3v) is 3.64. The third kappa shape index (κ3) is 5.83. The summed E-state index contributed by atoms with van der Waals surface area (Å²) >= 11 is 1.37. The van der Waals surface area contributed by atoms with Gasteiger partial charge in [-0.15, -0.1) is 11.3 Å². The Bertz CT molecular complexity index is 471. The van der Waals surface area contributed by atoms with E-state index in [4.69, 9.17) is 10.2 Å². The molecule has 1 heterocycles. The molecule has 20 heavy (non-hydrogen) atoms. The van der Waals surface area contributed by atoms with Crippen LogP contribution in [0.15, 0.2) is 17.5 Å². The molecule has 2 atom stereocenters. The summed E-state index contributed by atoms with van der Waals surface area (Å²) in [7, 11) is 0. The number of thiophene rings is 1. The lowest BCUT2D eigenvalue weighted by molar-refractivity contribution is -0.138. The van der Waals surface area contributed by atoms with Gasteiger partial charge in [-0.05, 0) is 17.4 Å². The second kappa shape index (κ2) is 7.64. The van der Waals surface area contributed by atoms with Gasteiger partial charge in [0.15, 0.2) is 0 Å². The smallest absolute Gasteiger partial charge is 0.305 e. The Balaban J connectivity index is 2.59. The van der Waals surface area contributed by atoms with E-state index in [9.17, 15) is 14.4 Å². The van der Waals surface area contributed by atoms with Crippen molar-refractivity contribution in [3.8, 4) is 0 Å². The van der Waals surface area contributed by atoms with Gasteiger partial charge in [0.1, 0.15) is 0 Å². The second-order valence-corrected chi connectivity index (χ2v) is 5.62. The fourth-order valence-corrected chi connectivity index (χ4v) is 2.60. The highest BCUT2D eigenvalue weighted by Crippen LogP contribution is 2.22. The fourth-order valence-electron chi connectivity index (χ4n) is 1.83. The van der Waals surface area contributed by atoms with Crippen molar-refractivity contribution < 1.29 is 24.6 Å². The summed E-state index contributed by atoms with van der Waals surface area (Å²) in [5.74, 6) is -2.58. The molecular formula is C13H17NO5S. The summed E-state index contributed by atoms with van der Waals surface area (Å²) in [4.78, 5) is 34.0. The van der Waals surface area contributed by atoms with Crippen LogP contribution in [0.5, 0.6) is 0 Å². The molecule has 0 aromatic carbocycles. The largest absolute Gasteiger partial charge is 0.481 e. The Labute approximate surface area is 120 Å². The minimum absolute atomic E-state index is 0.0633. The molecule has 0 saturated heterocycles. The molecule has 7 heteroatoms. The summed E-state index contributed by atoms with van der Waals surface area (Å²) in [6.07, 6.45) is -0.219. The van der Waals surface area contributed by atoms with Crippen molar-refractivity contribution in [2.24, 2.45) is 5.92 Å². The molecule has 2 unspecified atom stereocenters. The predicted molar refractivity (Wildman–Crippen MR) is 73.5 cm³/mol. The quantitative estimate of drug-likeness (QED) is 0.680. The minimum Gasteiger partial charge on any atom is -0.481 e. The van der Waals surface area contributed by atoms with E-state index >= 15 is 0 Å². The minimum atomic E-state index is -0.998. The second-order valence-electron chi connectivity index (χ2n) is 4.64. The molecule has 0 aliphatic carbocycles. The van der Waals surface area contributed by atoms with Gasteiger partial charge >= 0.3 is 11.9 Å². The molecule has 0 aliphatic rings. The summed E-state index contributed by atoms with van der Waals surface area (Å²) in [6, 6.07) is 2.98. The van der Waals surface area contributed by atoms with Crippen molar-refractivity contribution in [1.29, 1.82) is 0 Å². The van der Waals surface area contributed by atoms with Crippen LogP contribution in [-0.4, -0.2) is 28.1 Å². The van der Waals surface area contributed by atoms with Crippen LogP contribution in [0.1, 0.15) is 37.1 Å².